The van der Waals surface area contributed by atoms with Crippen LogP contribution in [0.25, 0.3) is 0 Å². The first-order chi connectivity index (χ1) is 9.95. The summed E-state index contributed by atoms with van der Waals surface area (Å²) in [4.78, 5) is 24.1. The van der Waals surface area contributed by atoms with Crippen LogP contribution in [0, 0.1) is 19.5 Å². The molecular weight excluding hydrogens is 394 g/mol. The number of hydrogen-bond acceptors (Lipinski definition) is 5. The number of benzene rings is 1. The van der Waals surface area contributed by atoms with Crippen molar-refractivity contribution < 1.29 is 18.8 Å². The highest BCUT2D eigenvalue weighted by molar-refractivity contribution is 14.1. The molecule has 0 amide bonds. The zero-order valence-corrected chi connectivity index (χ0v) is 13.5. The Labute approximate surface area is 134 Å². The molecule has 6 nitrogen and oxygen atoms in total. The molecular formula is C13H14FIN2O4. The zero-order valence-electron chi connectivity index (χ0n) is 11.3. The summed E-state index contributed by atoms with van der Waals surface area (Å²) in [5.74, 6) is -0.992. The van der Waals surface area contributed by atoms with Gasteiger partial charge in [-0.05, 0) is 41.9 Å². The van der Waals surface area contributed by atoms with Crippen LogP contribution in [-0.2, 0) is 9.53 Å². The Morgan fingerprint density at radius 2 is 2.24 bits per heavy atom. The number of piperidine rings is 1. The van der Waals surface area contributed by atoms with Crippen LogP contribution in [-0.4, -0.2) is 30.6 Å². The van der Waals surface area contributed by atoms with Gasteiger partial charge in [-0.2, -0.15) is 0 Å². The van der Waals surface area contributed by atoms with E-state index < -0.39 is 22.8 Å². The predicted octanol–water partition coefficient (Wildman–Crippen LogP) is 2.87. The van der Waals surface area contributed by atoms with Crippen molar-refractivity contribution >= 4 is 39.9 Å². The number of carbonyl (C=O) groups is 1. The fourth-order valence-electron chi connectivity index (χ4n) is 2.50. The van der Waals surface area contributed by atoms with Crippen molar-refractivity contribution in [3.63, 3.8) is 0 Å². The summed E-state index contributed by atoms with van der Waals surface area (Å²) in [5, 5.41) is 11.2. The zero-order chi connectivity index (χ0) is 15.6. The maximum atomic E-state index is 13.8. The highest BCUT2D eigenvalue weighted by atomic mass is 127. The number of nitro groups is 1. The molecule has 114 valence electrons. The van der Waals surface area contributed by atoms with Gasteiger partial charge in [0.15, 0.2) is 0 Å². The van der Waals surface area contributed by atoms with E-state index in [1.54, 1.807) is 27.5 Å². The lowest BCUT2D eigenvalue weighted by Gasteiger charge is -2.35. The molecule has 1 unspecified atom stereocenters. The van der Waals surface area contributed by atoms with Crippen LogP contribution in [0.15, 0.2) is 12.1 Å². The second-order valence-electron chi connectivity index (χ2n) is 4.74. The van der Waals surface area contributed by atoms with Crippen molar-refractivity contribution in [1.82, 2.24) is 0 Å². The third-order valence-corrected chi connectivity index (χ3v) is 4.33. The van der Waals surface area contributed by atoms with Gasteiger partial charge in [-0.15, -0.1) is 0 Å². The molecule has 1 aromatic carbocycles. The molecule has 2 rings (SSSR count). The van der Waals surface area contributed by atoms with Crippen molar-refractivity contribution in [3.05, 3.63) is 31.6 Å². The lowest BCUT2D eigenvalue weighted by molar-refractivity contribution is -0.384. The lowest BCUT2D eigenvalue weighted by Crippen LogP contribution is -2.45. The van der Waals surface area contributed by atoms with Crippen LogP contribution >= 0.6 is 22.6 Å². The number of methoxy groups -OCH3 is 1. The molecule has 1 saturated heterocycles. The molecule has 1 aliphatic heterocycles. The van der Waals surface area contributed by atoms with Crippen LogP contribution in [0.3, 0.4) is 0 Å². The van der Waals surface area contributed by atoms with E-state index >= 15 is 0 Å². The Hall–Kier alpha value is -1.45. The normalized spacial score (nSPS) is 18.4. The number of nitrogens with zero attached hydrogens (tertiary/aromatic N) is 2. The second-order valence-corrected chi connectivity index (χ2v) is 5.90. The van der Waals surface area contributed by atoms with Crippen molar-refractivity contribution in [3.8, 4) is 0 Å². The quantitative estimate of drug-likeness (QED) is 0.333. The summed E-state index contributed by atoms with van der Waals surface area (Å²) in [7, 11) is 1.28. The molecule has 1 atom stereocenters. The largest absolute Gasteiger partial charge is 0.467 e. The van der Waals surface area contributed by atoms with Gasteiger partial charge in [0.05, 0.1) is 15.6 Å². The minimum Gasteiger partial charge on any atom is -0.467 e. The van der Waals surface area contributed by atoms with Gasteiger partial charge in [-0.3, -0.25) is 10.1 Å². The minimum atomic E-state index is -0.609. The number of carbonyl (C=O) groups excluding carboxylic acids is 1. The number of hydrogen-bond donors (Lipinski definition) is 0. The van der Waals surface area contributed by atoms with Gasteiger partial charge >= 0.3 is 5.97 Å². The van der Waals surface area contributed by atoms with Crippen LogP contribution in [0.5, 0.6) is 0 Å². The third-order valence-electron chi connectivity index (χ3n) is 3.50. The Balaban J connectivity index is 2.49. The molecule has 21 heavy (non-hydrogen) atoms. The average Bonchev–Trinajstić information content (AvgIpc) is 2.48. The number of halogens is 2. The first-order valence-corrected chi connectivity index (χ1v) is 7.51. The third kappa shape index (κ3) is 3.25. The highest BCUT2D eigenvalue weighted by Gasteiger charge is 2.34. The predicted molar refractivity (Wildman–Crippen MR) is 82.8 cm³/mol. The molecule has 0 bridgehead atoms. The summed E-state index contributed by atoms with van der Waals surface area (Å²) in [6, 6.07) is 1.71. The van der Waals surface area contributed by atoms with Crippen LogP contribution < -0.4 is 4.90 Å². The number of ether oxygens (including phenoxy) is 1. The Bertz CT molecular complexity index is 582. The summed E-state index contributed by atoms with van der Waals surface area (Å²) in [6.45, 7) is 0.459. The van der Waals surface area contributed by atoms with Gasteiger partial charge in [0.25, 0.3) is 5.69 Å². The van der Waals surface area contributed by atoms with Gasteiger partial charge in [-0.1, -0.05) is 0 Å². The monoisotopic (exact) mass is 408 g/mol. The maximum absolute atomic E-state index is 13.8. The molecule has 0 aromatic heterocycles. The molecule has 0 N–H and O–H groups in total. The molecule has 0 saturated carbocycles. The van der Waals surface area contributed by atoms with E-state index in [9.17, 15) is 19.3 Å². The number of nitro benzene ring substituents is 1. The molecule has 1 fully saturated rings. The first kappa shape index (κ1) is 15.9. The number of anilines is 1. The van der Waals surface area contributed by atoms with E-state index in [-0.39, 0.29) is 14.9 Å². The standard InChI is InChI=1S/C13H14FIN2O4/c1-21-13(18)10-4-2-3-5-16(10)11-6-8(14)9(15)7-12(11)17(19)20/h6-7,10H,2-5H2,1H3. The van der Waals surface area contributed by atoms with Crippen LogP contribution in [0.4, 0.5) is 15.8 Å². The summed E-state index contributed by atoms with van der Waals surface area (Å²) in [5.41, 5.74) is -0.0652. The Kier molecular flexibility index (Phi) is 4.96. The van der Waals surface area contributed by atoms with Gasteiger partial charge < -0.3 is 9.64 Å². The molecule has 1 heterocycles. The van der Waals surface area contributed by atoms with E-state index in [0.29, 0.717) is 13.0 Å². The minimum absolute atomic E-state index is 0.132. The summed E-state index contributed by atoms with van der Waals surface area (Å²) < 4.78 is 18.7. The van der Waals surface area contributed by atoms with Crippen molar-refractivity contribution in [1.29, 1.82) is 0 Å². The number of esters is 1. The van der Waals surface area contributed by atoms with E-state index in [1.807, 2.05) is 0 Å². The van der Waals surface area contributed by atoms with Gasteiger partial charge in [0.2, 0.25) is 0 Å². The fraction of sp³-hybridized carbons (Fsp3) is 0.462. The van der Waals surface area contributed by atoms with E-state index in [2.05, 4.69) is 0 Å². The topological polar surface area (TPSA) is 72.7 Å². The van der Waals surface area contributed by atoms with Crippen LogP contribution in [0.1, 0.15) is 19.3 Å². The second kappa shape index (κ2) is 6.54. The van der Waals surface area contributed by atoms with Crippen LogP contribution in [0.2, 0.25) is 0 Å². The molecule has 0 spiro atoms. The van der Waals surface area contributed by atoms with Crippen molar-refractivity contribution in [2.24, 2.45) is 0 Å². The average molecular weight is 408 g/mol. The van der Waals surface area contributed by atoms with Crippen molar-refractivity contribution in [2.45, 2.75) is 25.3 Å². The van der Waals surface area contributed by atoms with Crippen molar-refractivity contribution in [2.75, 3.05) is 18.6 Å². The fourth-order valence-corrected chi connectivity index (χ4v) is 2.95. The van der Waals surface area contributed by atoms with Gasteiger partial charge in [-0.25, -0.2) is 9.18 Å². The molecule has 1 aromatic rings. The summed E-state index contributed by atoms with van der Waals surface area (Å²) >= 11 is 1.71. The van der Waals surface area contributed by atoms with E-state index in [0.717, 1.165) is 18.9 Å². The SMILES string of the molecule is COC(=O)C1CCCCN1c1cc(F)c(I)cc1[N+](=O)[O-]. The van der Waals surface area contributed by atoms with E-state index in [4.69, 9.17) is 4.74 Å². The summed E-state index contributed by atoms with van der Waals surface area (Å²) in [6.07, 6.45) is 2.16. The molecule has 1 aliphatic rings. The Morgan fingerprint density at radius 3 is 2.86 bits per heavy atom. The number of rotatable bonds is 3. The molecule has 0 aliphatic carbocycles. The molecule has 8 heteroatoms. The lowest BCUT2D eigenvalue weighted by atomic mass is 10.0. The van der Waals surface area contributed by atoms with Gasteiger partial charge in [0.1, 0.15) is 17.5 Å². The van der Waals surface area contributed by atoms with Gasteiger partial charge in [0, 0.05) is 18.7 Å². The maximum Gasteiger partial charge on any atom is 0.328 e. The Morgan fingerprint density at radius 1 is 1.52 bits per heavy atom. The highest BCUT2D eigenvalue weighted by Crippen LogP contribution is 2.35. The first-order valence-electron chi connectivity index (χ1n) is 6.43. The smallest absolute Gasteiger partial charge is 0.328 e. The molecule has 0 radical (unpaired) electrons. The van der Waals surface area contributed by atoms with E-state index in [1.165, 1.54) is 13.2 Å².